The van der Waals surface area contributed by atoms with Gasteiger partial charge < -0.3 is 10.1 Å². The topological polar surface area (TPSA) is 38.3 Å². The van der Waals surface area contributed by atoms with Gasteiger partial charge in [0, 0.05) is 0 Å². The highest BCUT2D eigenvalue weighted by molar-refractivity contribution is 9.10. The molecule has 3 nitrogen and oxygen atoms in total. The second kappa shape index (κ2) is 5.36. The predicted molar refractivity (Wildman–Crippen MR) is 58.9 cm³/mol. The number of halogens is 3. The molecule has 1 N–H and O–H groups in total. The zero-order valence-electron chi connectivity index (χ0n) is 8.73. The van der Waals surface area contributed by atoms with Crippen molar-refractivity contribution in [3.63, 3.8) is 0 Å². The third-order valence-corrected chi connectivity index (χ3v) is 2.53. The molecule has 0 amide bonds. The zero-order valence-corrected chi connectivity index (χ0v) is 10.3. The van der Waals surface area contributed by atoms with Gasteiger partial charge in [-0.05, 0) is 29.0 Å². The van der Waals surface area contributed by atoms with Gasteiger partial charge >= 0.3 is 0 Å². The van der Waals surface area contributed by atoms with Crippen molar-refractivity contribution in [1.29, 1.82) is 0 Å². The van der Waals surface area contributed by atoms with Crippen molar-refractivity contribution in [3.05, 3.63) is 27.7 Å². The normalized spacial score (nSPS) is 10.3. The molecule has 6 heteroatoms. The monoisotopic (exact) mass is 293 g/mol. The molecular formula is C10H10BrF2NO2. The number of methoxy groups -OCH3 is 1. The fourth-order valence-corrected chi connectivity index (χ4v) is 1.63. The molecule has 0 aliphatic heterocycles. The Bertz CT molecular complexity index is 424. The molecule has 1 rings (SSSR count). The molecule has 0 saturated carbocycles. The van der Waals surface area contributed by atoms with E-state index >= 15 is 0 Å². The van der Waals surface area contributed by atoms with Crippen LogP contribution in [0.15, 0.2) is 10.5 Å². The van der Waals surface area contributed by atoms with E-state index in [-0.39, 0.29) is 16.6 Å². The van der Waals surface area contributed by atoms with Crippen LogP contribution in [0.25, 0.3) is 0 Å². The minimum atomic E-state index is -0.983. The molecule has 0 spiro atoms. The van der Waals surface area contributed by atoms with Gasteiger partial charge in [-0.1, -0.05) is 0 Å². The zero-order chi connectivity index (χ0) is 12.3. The first-order valence-electron chi connectivity index (χ1n) is 4.42. The third kappa shape index (κ3) is 2.38. The molecule has 0 heterocycles. The number of hydrogen-bond donors (Lipinski definition) is 1. The van der Waals surface area contributed by atoms with E-state index in [1.165, 1.54) is 0 Å². The van der Waals surface area contributed by atoms with Crippen LogP contribution < -0.4 is 10.1 Å². The SMILES string of the molecule is CNCC(=O)c1cc(Br)c(F)c(OC)c1F. The van der Waals surface area contributed by atoms with E-state index in [0.717, 1.165) is 13.2 Å². The fourth-order valence-electron chi connectivity index (χ4n) is 1.22. The molecule has 0 atom stereocenters. The summed E-state index contributed by atoms with van der Waals surface area (Å²) >= 11 is 2.90. The molecule has 16 heavy (non-hydrogen) atoms. The van der Waals surface area contributed by atoms with Crippen molar-refractivity contribution >= 4 is 21.7 Å². The lowest BCUT2D eigenvalue weighted by molar-refractivity contribution is 0.0988. The number of rotatable bonds is 4. The van der Waals surface area contributed by atoms with Gasteiger partial charge in [-0.3, -0.25) is 4.79 Å². The van der Waals surface area contributed by atoms with Crippen molar-refractivity contribution < 1.29 is 18.3 Å². The summed E-state index contributed by atoms with van der Waals surface area (Å²) in [6.45, 7) is -0.0296. The molecule has 0 fully saturated rings. The molecule has 0 radical (unpaired) electrons. The average molecular weight is 294 g/mol. The molecule has 1 aromatic carbocycles. The number of benzene rings is 1. The Morgan fingerprint density at radius 1 is 1.50 bits per heavy atom. The molecule has 0 aromatic heterocycles. The van der Waals surface area contributed by atoms with Crippen LogP contribution in [0.1, 0.15) is 10.4 Å². The summed E-state index contributed by atoms with van der Waals surface area (Å²) in [5, 5.41) is 2.60. The lowest BCUT2D eigenvalue weighted by atomic mass is 10.1. The third-order valence-electron chi connectivity index (χ3n) is 1.96. The van der Waals surface area contributed by atoms with Crippen molar-refractivity contribution in [2.75, 3.05) is 20.7 Å². The molecule has 0 aliphatic rings. The van der Waals surface area contributed by atoms with Crippen molar-refractivity contribution in [3.8, 4) is 5.75 Å². The highest BCUT2D eigenvalue weighted by atomic mass is 79.9. The van der Waals surface area contributed by atoms with Gasteiger partial charge in [-0.15, -0.1) is 0 Å². The summed E-state index contributed by atoms with van der Waals surface area (Å²) < 4.78 is 31.6. The quantitative estimate of drug-likeness (QED) is 0.683. The van der Waals surface area contributed by atoms with Gasteiger partial charge in [-0.25, -0.2) is 8.78 Å². The Morgan fingerprint density at radius 3 is 2.62 bits per heavy atom. The molecule has 88 valence electrons. The van der Waals surface area contributed by atoms with Crippen LogP contribution in [0.3, 0.4) is 0 Å². The Morgan fingerprint density at radius 2 is 2.12 bits per heavy atom. The van der Waals surface area contributed by atoms with Crippen LogP contribution in [0.2, 0.25) is 0 Å². The van der Waals surface area contributed by atoms with Gasteiger partial charge in [-0.2, -0.15) is 0 Å². The van der Waals surface area contributed by atoms with Gasteiger partial charge in [0.05, 0.1) is 23.7 Å². The van der Waals surface area contributed by atoms with E-state index < -0.39 is 23.2 Å². The average Bonchev–Trinajstić information content (AvgIpc) is 2.24. The number of carbonyl (C=O) groups is 1. The smallest absolute Gasteiger partial charge is 0.192 e. The van der Waals surface area contributed by atoms with E-state index in [4.69, 9.17) is 0 Å². The summed E-state index contributed by atoms with van der Waals surface area (Å²) in [4.78, 5) is 11.5. The van der Waals surface area contributed by atoms with Crippen LogP contribution in [0, 0.1) is 11.6 Å². The Balaban J connectivity index is 3.31. The second-order valence-electron chi connectivity index (χ2n) is 3.02. The minimum absolute atomic E-state index is 0.00907. The minimum Gasteiger partial charge on any atom is -0.491 e. The van der Waals surface area contributed by atoms with Crippen molar-refractivity contribution in [1.82, 2.24) is 5.32 Å². The Kier molecular flexibility index (Phi) is 4.37. The molecule has 0 saturated heterocycles. The summed E-state index contributed by atoms with van der Waals surface area (Å²) in [5.41, 5.74) is -0.209. The standard InChI is InChI=1S/C10H10BrF2NO2/c1-14-4-7(15)5-3-6(11)9(13)10(16-2)8(5)12/h3,14H,4H2,1-2H3. The number of ketones is 1. The van der Waals surface area contributed by atoms with Crippen LogP contribution in [-0.2, 0) is 0 Å². The number of hydrogen-bond acceptors (Lipinski definition) is 3. The molecule has 0 aliphatic carbocycles. The number of nitrogens with one attached hydrogen (secondary N) is 1. The number of Topliss-reactive ketones (excluding diaryl/α,β-unsaturated/α-hetero) is 1. The summed E-state index contributed by atoms with van der Waals surface area (Å²) in [7, 11) is 2.70. The maximum Gasteiger partial charge on any atom is 0.192 e. The molecular weight excluding hydrogens is 284 g/mol. The maximum atomic E-state index is 13.7. The predicted octanol–water partition coefficient (Wildman–Crippen LogP) is 2.14. The largest absolute Gasteiger partial charge is 0.491 e. The highest BCUT2D eigenvalue weighted by Crippen LogP contribution is 2.30. The van der Waals surface area contributed by atoms with E-state index in [1.807, 2.05) is 0 Å². The number of carbonyl (C=O) groups excluding carboxylic acids is 1. The summed E-state index contributed by atoms with van der Waals surface area (Å²) in [6.07, 6.45) is 0. The van der Waals surface area contributed by atoms with E-state index in [2.05, 4.69) is 26.0 Å². The van der Waals surface area contributed by atoms with Crippen molar-refractivity contribution in [2.24, 2.45) is 0 Å². The van der Waals surface area contributed by atoms with Gasteiger partial charge in [0.1, 0.15) is 0 Å². The fraction of sp³-hybridized carbons (Fsp3) is 0.300. The number of likely N-dealkylation sites (N-methyl/N-ethyl adjacent to an activating group) is 1. The first-order chi connectivity index (χ1) is 7.52. The van der Waals surface area contributed by atoms with Crippen LogP contribution in [0.4, 0.5) is 8.78 Å². The number of ether oxygens (including phenoxy) is 1. The molecule has 0 bridgehead atoms. The summed E-state index contributed by atoms with van der Waals surface area (Å²) in [6, 6.07) is 1.10. The van der Waals surface area contributed by atoms with Gasteiger partial charge in [0.2, 0.25) is 0 Å². The van der Waals surface area contributed by atoms with Gasteiger partial charge in [0.25, 0.3) is 0 Å². The maximum absolute atomic E-state index is 13.7. The lowest BCUT2D eigenvalue weighted by Gasteiger charge is -2.09. The van der Waals surface area contributed by atoms with Crippen molar-refractivity contribution in [2.45, 2.75) is 0 Å². The van der Waals surface area contributed by atoms with Gasteiger partial charge in [0.15, 0.2) is 23.2 Å². The van der Waals surface area contributed by atoms with Crippen LogP contribution in [0.5, 0.6) is 5.75 Å². The van der Waals surface area contributed by atoms with Crippen LogP contribution in [-0.4, -0.2) is 26.5 Å². The molecule has 0 unspecified atom stereocenters. The molecule has 1 aromatic rings. The van der Waals surface area contributed by atoms with E-state index in [0.29, 0.717) is 0 Å². The Hall–Kier alpha value is -1.01. The first kappa shape index (κ1) is 13.1. The van der Waals surface area contributed by atoms with Crippen LogP contribution >= 0.6 is 15.9 Å². The second-order valence-corrected chi connectivity index (χ2v) is 3.88. The Labute approximate surface area is 99.9 Å². The van der Waals surface area contributed by atoms with E-state index in [1.54, 1.807) is 7.05 Å². The van der Waals surface area contributed by atoms with E-state index in [9.17, 15) is 13.6 Å². The summed E-state index contributed by atoms with van der Waals surface area (Å²) in [5.74, 6) is -2.88. The lowest BCUT2D eigenvalue weighted by Crippen LogP contribution is -2.20. The highest BCUT2D eigenvalue weighted by Gasteiger charge is 2.21. The first-order valence-corrected chi connectivity index (χ1v) is 5.21.